The van der Waals surface area contributed by atoms with Gasteiger partial charge in [0.15, 0.2) is 26.0 Å². The van der Waals surface area contributed by atoms with Crippen LogP contribution in [0.3, 0.4) is 0 Å². The van der Waals surface area contributed by atoms with Crippen LogP contribution in [0.4, 0.5) is 22.7 Å². The van der Waals surface area contributed by atoms with Gasteiger partial charge in [0.1, 0.15) is 39.5 Å². The van der Waals surface area contributed by atoms with E-state index >= 15 is 0 Å². The maximum Gasteiger partial charge on any atom is 0.281 e. The highest BCUT2D eigenvalue weighted by molar-refractivity contribution is 9.10. The van der Waals surface area contributed by atoms with Crippen molar-refractivity contribution in [2.75, 3.05) is 26.6 Å². The van der Waals surface area contributed by atoms with Crippen LogP contribution in [0, 0.1) is 27.7 Å². The number of methoxy groups -OCH3 is 1. The first kappa shape index (κ1) is 85.7. The van der Waals surface area contributed by atoms with Crippen LogP contribution in [-0.4, -0.2) is 56.9 Å². The molecular weight excluding hydrogens is 1820 g/mol. The molecule has 0 amide bonds. The van der Waals surface area contributed by atoms with Gasteiger partial charge in [-0.25, -0.2) is 26.8 Å². The molecule has 115 heavy (non-hydrogen) atoms. The van der Waals surface area contributed by atoms with E-state index in [1.807, 2.05) is 85.8 Å². The van der Waals surface area contributed by atoms with Gasteiger partial charge in [0.05, 0.1) is 81.8 Å². The number of ether oxygens (including phenoxy) is 4. The number of benzene rings is 10. The Balaban J connectivity index is 0.000000142. The zero-order valence-corrected chi connectivity index (χ0v) is 73.0. The molecule has 14 aromatic rings. The van der Waals surface area contributed by atoms with Gasteiger partial charge in [0.25, 0.3) is 30.1 Å². The van der Waals surface area contributed by atoms with E-state index in [1.54, 1.807) is 90.8 Å². The van der Waals surface area contributed by atoms with Crippen molar-refractivity contribution in [3.63, 3.8) is 0 Å². The fraction of sp³-hybridized carbons (Fsp3) is 0.0864. The van der Waals surface area contributed by atoms with E-state index in [-0.39, 0.29) is 52.1 Å². The number of fused-ring (bicyclic) bond motifs is 3. The summed E-state index contributed by atoms with van der Waals surface area (Å²) in [6.07, 6.45) is 9.92. The summed E-state index contributed by atoms with van der Waals surface area (Å²) in [7, 11) is -10.3. The number of pyridine rings is 2. The number of imidazole rings is 1. The average molecular weight is 1880 g/mol. The molecule has 590 valence electrons. The van der Waals surface area contributed by atoms with Crippen molar-refractivity contribution in [2.24, 2.45) is 0 Å². The number of sulfonamides is 3. The van der Waals surface area contributed by atoms with Crippen molar-refractivity contribution in [1.29, 1.82) is 0 Å². The van der Waals surface area contributed by atoms with Crippen molar-refractivity contribution in [1.82, 2.24) is 24.5 Å². The maximum absolute atomic E-state index is 12.9. The summed E-state index contributed by atoms with van der Waals surface area (Å²) in [5, 5.41) is 8.66. The second-order valence-electron chi connectivity index (χ2n) is 25.1. The van der Waals surface area contributed by atoms with E-state index in [2.05, 4.69) is 93.5 Å². The Kier molecular flexibility index (Phi) is 28.1. The molecule has 0 unspecified atom stereocenters. The van der Waals surface area contributed by atoms with Gasteiger partial charge >= 0.3 is 0 Å². The second kappa shape index (κ2) is 37.7. The van der Waals surface area contributed by atoms with Crippen molar-refractivity contribution < 1.29 is 44.2 Å². The summed E-state index contributed by atoms with van der Waals surface area (Å²) in [5.41, 5.74) is 8.25. The fourth-order valence-corrected chi connectivity index (χ4v) is 19.5. The van der Waals surface area contributed by atoms with Gasteiger partial charge in [-0.3, -0.25) is 28.7 Å². The largest absolute Gasteiger partial charge is 0.493 e. The van der Waals surface area contributed by atoms with E-state index in [9.17, 15) is 25.3 Å². The van der Waals surface area contributed by atoms with Crippen LogP contribution in [0.2, 0.25) is 45.3 Å². The highest BCUT2D eigenvalue weighted by atomic mass is 79.9. The van der Waals surface area contributed by atoms with Crippen LogP contribution in [0.15, 0.2) is 254 Å². The Labute approximate surface area is 725 Å². The number of aryl methyl sites for hydroxylation is 4. The quantitative estimate of drug-likeness (QED) is 0.0522. The summed E-state index contributed by atoms with van der Waals surface area (Å²) < 4.78 is 110. The molecule has 4 N–H and O–H groups in total. The van der Waals surface area contributed by atoms with Gasteiger partial charge in [0.2, 0.25) is 0 Å². The number of hydrogen-bond donors (Lipinski definition) is 4. The Bertz CT molecular complexity index is 6430. The summed E-state index contributed by atoms with van der Waals surface area (Å²) >= 11 is 61.7. The second-order valence-corrected chi connectivity index (χ2v) is 36.9. The lowest BCUT2D eigenvalue weighted by atomic mass is 10.1. The minimum Gasteiger partial charge on any atom is -0.493 e. The number of thiazole rings is 1. The first-order chi connectivity index (χ1) is 54.8. The molecule has 0 fully saturated rings. The molecule has 1 aliphatic heterocycles. The smallest absolute Gasteiger partial charge is 0.281 e. The van der Waals surface area contributed by atoms with Gasteiger partial charge in [-0.05, 0) is 186 Å². The average Bonchev–Trinajstić information content (AvgIpc) is 1.60. The number of rotatable bonds is 21. The summed E-state index contributed by atoms with van der Waals surface area (Å²) in [4.78, 5) is 17.6. The Hall–Kier alpha value is -8.71. The number of aromatic nitrogens is 5. The molecule has 1 aliphatic rings. The highest BCUT2D eigenvalue weighted by Gasteiger charge is 2.29. The minimum atomic E-state index is -3.97. The standard InChI is InChI=1S/C22H15Cl2N3O3S.C22H18Cl2N2S2.C19H15BrCl2N2O4S.C18H13Cl3N2O3S/c23-18-13-16(26-31(28,29)22-21(24)25-20-6-3-11-27(20)22)8-10-19(18)30-17-9-7-14-4-1-2-5-15(14)12-17;1-13-3-4-15(14(2)9-13)12-25-17-6-8-20(18(24)11-17)27-22-26-19-10-16(23)5-7-21(19)28-22;1-11-3-4-19(15(22)5-11)29(25,26)24-16-8-17(27-2)18(7-14(16)20)28-13-6-12(21)9-23-10-13;1-11-2-4-15(8-16(11)20)27(24,25)23-13-3-5-18(17(21)7-13)26-14-6-12(19)9-22-10-14/h1-5,7-13,26H,6H2;3-11,25H,12H2,1-2H3;3-10,24H,1-2H3;2-10,23H,1H3. The highest BCUT2D eigenvalue weighted by Crippen LogP contribution is 2.43. The zero-order valence-electron chi connectivity index (χ0n) is 60.5. The number of nitrogens with zero attached hydrogens (tertiary/aromatic N) is 5. The van der Waals surface area contributed by atoms with Gasteiger partial charge in [-0.15, -0.1) is 11.3 Å². The number of anilines is 4. The van der Waals surface area contributed by atoms with Crippen LogP contribution in [0.5, 0.6) is 40.2 Å². The molecule has 10 aromatic carbocycles. The van der Waals surface area contributed by atoms with Crippen molar-refractivity contribution in [3.05, 3.63) is 308 Å². The monoisotopic (exact) mass is 1870 g/mol. The predicted octanol–water partition coefficient (Wildman–Crippen LogP) is 26.0. The number of halogens is 10. The van der Waals surface area contributed by atoms with E-state index in [0.29, 0.717) is 82.1 Å². The molecule has 0 radical (unpaired) electrons. The molecule has 0 aliphatic carbocycles. The molecule has 4 aromatic heterocycles. The van der Waals surface area contributed by atoms with E-state index in [0.717, 1.165) is 53.6 Å². The lowest BCUT2D eigenvalue weighted by Crippen LogP contribution is -2.16. The van der Waals surface area contributed by atoms with Gasteiger partial charge < -0.3 is 24.3 Å². The van der Waals surface area contributed by atoms with E-state index in [1.165, 1.54) is 95.6 Å². The van der Waals surface area contributed by atoms with E-state index < -0.39 is 30.1 Å². The first-order valence-corrected chi connectivity index (χ1v) is 44.2. The molecule has 0 atom stereocenters. The minimum absolute atomic E-state index is 0.0269. The SMILES string of the molecule is COc1cc(NS(=O)(=O)c2ccc(C)cc2Cl)c(Br)cc1Oc1cncc(Cl)c1.Cc1ccc(CNc2ccc(Sc3nc4cc(Cl)ccc4s3)c(Cl)c2)c(C)c1.Cc1ccc(S(=O)(=O)Nc2ccc(Oc3cncc(Cl)c3)c(Cl)c2)cc1Cl.O=S(=O)(Nc1ccc(Oc2ccc3ccccc3c2)c(Cl)c1)c1c(Cl)nc2n1C=CC2. The van der Waals surface area contributed by atoms with Gasteiger partial charge in [-0.2, -0.15) is 8.42 Å². The third-order valence-electron chi connectivity index (χ3n) is 16.6. The third-order valence-corrected chi connectivity index (χ3v) is 26.5. The summed E-state index contributed by atoms with van der Waals surface area (Å²) in [5.74, 6) is 3.41. The molecular formula is C81H61BrCl9N9O10S5. The van der Waals surface area contributed by atoms with Crippen LogP contribution in [0.25, 0.3) is 27.2 Å². The Morgan fingerprint density at radius 1 is 0.504 bits per heavy atom. The molecule has 19 nitrogen and oxygen atoms in total. The number of hydrogen-bond acceptors (Lipinski definition) is 17. The Morgan fingerprint density at radius 2 is 1.14 bits per heavy atom. The molecule has 5 heterocycles. The summed E-state index contributed by atoms with van der Waals surface area (Å²) in [6, 6.07) is 56.7. The molecule has 15 rings (SSSR count). The Morgan fingerprint density at radius 3 is 1.78 bits per heavy atom. The summed E-state index contributed by atoms with van der Waals surface area (Å²) in [6.45, 7) is 8.64. The van der Waals surface area contributed by atoms with Gasteiger partial charge in [-0.1, -0.05) is 188 Å². The fourth-order valence-electron chi connectivity index (χ4n) is 11.0. The normalized spacial score (nSPS) is 11.6. The number of allylic oxidation sites excluding steroid dienone is 1. The molecule has 0 spiro atoms. The first-order valence-electron chi connectivity index (χ1n) is 33.9. The molecule has 0 saturated carbocycles. The molecule has 0 saturated heterocycles. The topological polar surface area (TPSA) is 244 Å². The van der Waals surface area contributed by atoms with Crippen molar-refractivity contribution in [3.8, 4) is 40.2 Å². The maximum atomic E-state index is 12.9. The lowest BCUT2D eigenvalue weighted by molar-refractivity contribution is 0.378. The molecule has 0 bridgehead atoms. The van der Waals surface area contributed by atoms with Crippen LogP contribution in [0.1, 0.15) is 33.6 Å². The van der Waals surface area contributed by atoms with Crippen molar-refractivity contribution >= 4 is 223 Å². The van der Waals surface area contributed by atoms with Crippen LogP contribution in [-0.2, 0) is 43.0 Å². The third kappa shape index (κ3) is 22.3. The van der Waals surface area contributed by atoms with E-state index in [4.69, 9.17) is 123 Å². The van der Waals surface area contributed by atoms with Gasteiger partial charge in [0, 0.05) is 80.9 Å². The zero-order chi connectivity index (χ0) is 82.0. The van der Waals surface area contributed by atoms with Crippen molar-refractivity contribution in [2.45, 2.75) is 64.7 Å². The predicted molar refractivity (Wildman–Crippen MR) is 471 cm³/mol. The lowest BCUT2D eigenvalue weighted by Gasteiger charge is -2.15. The number of nitrogens with one attached hydrogen (secondary N) is 4. The van der Waals surface area contributed by atoms with Crippen LogP contribution < -0.4 is 38.4 Å². The van der Waals surface area contributed by atoms with Crippen LogP contribution >= 0.6 is 143 Å². The molecule has 34 heteroatoms.